The number of fused-ring (bicyclic) bond motifs is 5. The number of aliphatic hydroxyl groups excluding tert-OH is 2. The monoisotopic (exact) mass is 506 g/mol. The van der Waals surface area contributed by atoms with Gasteiger partial charge in [0.05, 0.1) is 6.10 Å². The highest BCUT2D eigenvalue weighted by Crippen LogP contribution is 2.69. The van der Waals surface area contributed by atoms with Gasteiger partial charge in [0.2, 0.25) is 0 Å². The zero-order valence-corrected chi connectivity index (χ0v) is 25.6. The molecule has 0 aromatic heterocycles. The summed E-state index contributed by atoms with van der Waals surface area (Å²) >= 11 is 0. The first kappa shape index (κ1) is 28.1. The van der Waals surface area contributed by atoms with Crippen molar-refractivity contribution in [2.45, 2.75) is 137 Å². The van der Waals surface area contributed by atoms with Crippen molar-refractivity contribution in [2.75, 3.05) is 6.61 Å². The van der Waals surface area contributed by atoms with Crippen molar-refractivity contribution in [2.24, 2.45) is 52.3 Å². The summed E-state index contributed by atoms with van der Waals surface area (Å²) in [6, 6.07) is 0. The summed E-state index contributed by atoms with van der Waals surface area (Å²) < 4.78 is 6.99. The minimum Gasteiger partial charge on any atom is -0.414 e. The zero-order chi connectivity index (χ0) is 26.0. The Labute approximate surface area is 218 Å². The van der Waals surface area contributed by atoms with Gasteiger partial charge in [0.1, 0.15) is 0 Å². The molecule has 0 heterocycles. The summed E-state index contributed by atoms with van der Waals surface area (Å²) in [5.41, 5.74) is 0.675. The van der Waals surface area contributed by atoms with E-state index < -0.39 is 8.32 Å². The molecule has 3 nitrogen and oxygen atoms in total. The van der Waals surface area contributed by atoms with Gasteiger partial charge < -0.3 is 14.6 Å². The normalized spacial score (nSPS) is 47.1. The van der Waals surface area contributed by atoms with Gasteiger partial charge in [-0.2, -0.15) is 0 Å². The molecule has 0 spiro atoms. The van der Waals surface area contributed by atoms with Crippen LogP contribution < -0.4 is 0 Å². The third-order valence-corrected chi connectivity index (χ3v) is 17.5. The van der Waals surface area contributed by atoms with Crippen molar-refractivity contribution in [1.82, 2.24) is 0 Å². The molecule has 35 heavy (non-hydrogen) atoms. The van der Waals surface area contributed by atoms with E-state index in [1.54, 1.807) is 0 Å². The van der Waals surface area contributed by atoms with E-state index in [9.17, 15) is 10.2 Å². The Hall–Kier alpha value is 0.0969. The molecule has 204 valence electrons. The summed E-state index contributed by atoms with van der Waals surface area (Å²) in [7, 11) is -1.79. The Morgan fingerprint density at radius 3 is 2.20 bits per heavy atom. The lowest BCUT2D eigenvalue weighted by Crippen LogP contribution is -2.62. The van der Waals surface area contributed by atoms with Gasteiger partial charge >= 0.3 is 0 Å². The van der Waals surface area contributed by atoms with Crippen LogP contribution in [0, 0.1) is 52.3 Å². The van der Waals surface area contributed by atoms with Crippen LogP contribution in [0.5, 0.6) is 0 Å². The fourth-order valence-electron chi connectivity index (χ4n) is 10.0. The predicted octanol–water partition coefficient (Wildman–Crippen LogP) is 7.66. The van der Waals surface area contributed by atoms with E-state index >= 15 is 0 Å². The second kappa shape index (κ2) is 9.69. The molecule has 3 unspecified atom stereocenters. The quantitative estimate of drug-likeness (QED) is 0.364. The number of hydrogen-bond acceptors (Lipinski definition) is 3. The Balaban J connectivity index is 1.59. The standard InChI is InChI=1S/C31H58O3Si/c1-10-22-26-19-21(34-35(8,9)29(3,4)5)13-16-31(26,7)25-14-17-30(6)23(20(2)15-18-32)11-12-24(30)27(25)28(22)33/h20-28,32-33H,10-19H2,1-9H3/t20-,21-,22-,23-,24?,25?,26+,27?,28-,30-,31-/m1/s1. The first-order valence-corrected chi connectivity index (χ1v) is 18.1. The van der Waals surface area contributed by atoms with Crippen LogP contribution in [-0.2, 0) is 4.43 Å². The van der Waals surface area contributed by atoms with Crippen LogP contribution in [0.4, 0.5) is 0 Å². The molecule has 2 N–H and O–H groups in total. The highest BCUT2D eigenvalue weighted by molar-refractivity contribution is 6.74. The van der Waals surface area contributed by atoms with Crippen molar-refractivity contribution in [3.63, 3.8) is 0 Å². The van der Waals surface area contributed by atoms with Crippen LogP contribution in [0.25, 0.3) is 0 Å². The van der Waals surface area contributed by atoms with Crippen molar-refractivity contribution in [1.29, 1.82) is 0 Å². The summed E-state index contributed by atoms with van der Waals surface area (Å²) in [4.78, 5) is 0. The lowest BCUT2D eigenvalue weighted by atomic mass is 9.41. The van der Waals surface area contributed by atoms with Crippen molar-refractivity contribution in [3.05, 3.63) is 0 Å². The van der Waals surface area contributed by atoms with Gasteiger partial charge in [-0.3, -0.25) is 0 Å². The average molecular weight is 507 g/mol. The topological polar surface area (TPSA) is 49.7 Å². The third kappa shape index (κ3) is 4.53. The largest absolute Gasteiger partial charge is 0.414 e. The minimum absolute atomic E-state index is 0.161. The maximum atomic E-state index is 12.1. The Kier molecular flexibility index (Phi) is 7.78. The Morgan fingerprint density at radius 1 is 0.971 bits per heavy atom. The molecule has 4 aliphatic rings. The van der Waals surface area contributed by atoms with E-state index in [0.29, 0.717) is 65.0 Å². The Bertz CT molecular complexity index is 746. The van der Waals surface area contributed by atoms with Crippen LogP contribution in [0.15, 0.2) is 0 Å². The summed E-state index contributed by atoms with van der Waals surface area (Å²) in [6.45, 7) is 22.1. The van der Waals surface area contributed by atoms with Crippen LogP contribution >= 0.6 is 0 Å². The van der Waals surface area contributed by atoms with E-state index in [1.807, 2.05) is 0 Å². The zero-order valence-electron chi connectivity index (χ0n) is 24.6. The maximum Gasteiger partial charge on any atom is 0.192 e. The molecule has 0 bridgehead atoms. The van der Waals surface area contributed by atoms with Crippen molar-refractivity contribution >= 4 is 8.32 Å². The summed E-state index contributed by atoms with van der Waals surface area (Å²) in [5.74, 6) is 4.04. The van der Waals surface area contributed by atoms with Gasteiger partial charge in [0.15, 0.2) is 8.32 Å². The first-order chi connectivity index (χ1) is 16.2. The van der Waals surface area contributed by atoms with Gasteiger partial charge in [0.25, 0.3) is 0 Å². The highest BCUT2D eigenvalue weighted by atomic mass is 28.4. The first-order valence-electron chi connectivity index (χ1n) is 15.2. The number of rotatable bonds is 6. The third-order valence-electron chi connectivity index (χ3n) is 13.0. The average Bonchev–Trinajstić information content (AvgIpc) is 3.11. The molecule has 0 aromatic carbocycles. The Morgan fingerprint density at radius 2 is 1.60 bits per heavy atom. The number of aliphatic hydroxyl groups is 2. The predicted molar refractivity (Wildman–Crippen MR) is 149 cm³/mol. The second-order valence-corrected chi connectivity index (χ2v) is 20.2. The van der Waals surface area contributed by atoms with E-state index in [-0.39, 0.29) is 11.1 Å². The minimum atomic E-state index is -1.79. The molecule has 0 aromatic rings. The lowest BCUT2D eigenvalue weighted by Gasteiger charge is -2.65. The molecule has 0 radical (unpaired) electrons. The molecule has 11 atom stereocenters. The smallest absolute Gasteiger partial charge is 0.192 e. The molecule has 0 aliphatic heterocycles. The molecule has 4 fully saturated rings. The lowest BCUT2D eigenvalue weighted by molar-refractivity contribution is -0.202. The second-order valence-electron chi connectivity index (χ2n) is 15.5. The van der Waals surface area contributed by atoms with E-state index in [4.69, 9.17) is 4.43 Å². The van der Waals surface area contributed by atoms with E-state index in [0.717, 1.165) is 19.3 Å². The summed E-state index contributed by atoms with van der Waals surface area (Å²) in [5, 5.41) is 22.0. The molecule has 0 saturated heterocycles. The number of hydrogen-bond donors (Lipinski definition) is 2. The summed E-state index contributed by atoms with van der Waals surface area (Å²) in [6.07, 6.45) is 11.0. The van der Waals surface area contributed by atoms with Crippen LogP contribution in [-0.4, -0.2) is 37.3 Å². The van der Waals surface area contributed by atoms with E-state index in [1.165, 1.54) is 38.5 Å². The molecular formula is C31H58O3Si. The van der Waals surface area contributed by atoms with E-state index in [2.05, 4.69) is 61.6 Å². The molecule has 0 amide bonds. The van der Waals surface area contributed by atoms with Crippen LogP contribution in [0.1, 0.15) is 106 Å². The maximum absolute atomic E-state index is 12.1. The fraction of sp³-hybridized carbons (Fsp3) is 1.00. The SMILES string of the molecule is CC[C@H]1[C@@H](O)C2C3CC[C@H]([C@H](C)CCO)[C@@]3(C)CCC2[C@@]2(C)CC[C@@H](O[Si](C)(C)C(C)(C)C)C[C@@H]12. The van der Waals surface area contributed by atoms with Crippen molar-refractivity contribution < 1.29 is 14.6 Å². The molecule has 4 rings (SSSR count). The molecule has 4 heteroatoms. The van der Waals surface area contributed by atoms with Gasteiger partial charge in [-0.05, 0) is 122 Å². The van der Waals surface area contributed by atoms with Gasteiger partial charge in [-0.25, -0.2) is 0 Å². The van der Waals surface area contributed by atoms with Crippen LogP contribution in [0.3, 0.4) is 0 Å². The van der Waals surface area contributed by atoms with Gasteiger partial charge in [0, 0.05) is 12.7 Å². The van der Waals surface area contributed by atoms with Crippen molar-refractivity contribution in [3.8, 4) is 0 Å². The van der Waals surface area contributed by atoms with Gasteiger partial charge in [-0.1, -0.05) is 54.9 Å². The van der Waals surface area contributed by atoms with Crippen LogP contribution in [0.2, 0.25) is 18.1 Å². The highest BCUT2D eigenvalue weighted by Gasteiger charge is 2.65. The molecule has 4 saturated carbocycles. The fourth-order valence-corrected chi connectivity index (χ4v) is 11.4. The molecule has 4 aliphatic carbocycles. The van der Waals surface area contributed by atoms with Gasteiger partial charge in [-0.15, -0.1) is 0 Å². The molecular weight excluding hydrogens is 448 g/mol.